The molecule has 0 spiro atoms. The van der Waals surface area contributed by atoms with E-state index in [1.54, 1.807) is 37.3 Å². The lowest BCUT2D eigenvalue weighted by molar-refractivity contribution is -0.145. The summed E-state index contributed by atoms with van der Waals surface area (Å²) in [5.74, 6) is -0.626. The molecular formula is C18H21NO4S. The Morgan fingerprint density at radius 3 is 2.33 bits per heavy atom. The monoisotopic (exact) mass is 347 g/mol. The summed E-state index contributed by atoms with van der Waals surface area (Å²) in [6.45, 7) is 5.60. The first-order valence-corrected chi connectivity index (χ1v) is 9.14. The number of esters is 1. The molecule has 24 heavy (non-hydrogen) atoms. The minimum Gasteiger partial charge on any atom is -0.465 e. The molecule has 0 aromatic heterocycles. The molecule has 0 fully saturated rings. The molecule has 1 atom stereocenters. The van der Waals surface area contributed by atoms with Crippen molar-refractivity contribution >= 4 is 16.0 Å². The van der Waals surface area contributed by atoms with E-state index in [9.17, 15) is 13.2 Å². The van der Waals surface area contributed by atoms with Crippen LogP contribution >= 0.6 is 0 Å². The molecule has 2 aromatic carbocycles. The largest absolute Gasteiger partial charge is 0.465 e. The van der Waals surface area contributed by atoms with Crippen molar-refractivity contribution < 1.29 is 17.9 Å². The van der Waals surface area contributed by atoms with Gasteiger partial charge in [0.15, 0.2) is 0 Å². The Morgan fingerprint density at radius 1 is 1.08 bits per heavy atom. The third kappa shape index (κ3) is 4.43. The summed E-state index contributed by atoms with van der Waals surface area (Å²) in [4.78, 5) is 12.4. The molecule has 0 saturated heterocycles. The number of hydrogen-bond donors (Lipinski definition) is 1. The quantitative estimate of drug-likeness (QED) is 0.816. The van der Waals surface area contributed by atoms with Gasteiger partial charge in [-0.05, 0) is 38.5 Å². The highest BCUT2D eigenvalue weighted by molar-refractivity contribution is 7.89. The Morgan fingerprint density at radius 2 is 1.75 bits per heavy atom. The average molecular weight is 347 g/mol. The Labute approximate surface area is 142 Å². The smallest absolute Gasteiger partial charge is 0.328 e. The topological polar surface area (TPSA) is 72.5 Å². The van der Waals surface area contributed by atoms with Crippen molar-refractivity contribution in [3.63, 3.8) is 0 Å². The zero-order chi connectivity index (χ0) is 17.7. The van der Waals surface area contributed by atoms with E-state index in [0.29, 0.717) is 5.56 Å². The van der Waals surface area contributed by atoms with Gasteiger partial charge < -0.3 is 4.74 Å². The first-order valence-electron chi connectivity index (χ1n) is 7.65. The number of benzene rings is 2. The second-order valence-electron chi connectivity index (χ2n) is 5.53. The fourth-order valence-electron chi connectivity index (χ4n) is 2.27. The van der Waals surface area contributed by atoms with Gasteiger partial charge in [-0.25, -0.2) is 13.2 Å². The second kappa shape index (κ2) is 7.59. The van der Waals surface area contributed by atoms with E-state index in [2.05, 4.69) is 4.72 Å². The molecule has 0 radical (unpaired) electrons. The van der Waals surface area contributed by atoms with Crippen molar-refractivity contribution in [3.8, 4) is 0 Å². The number of hydrogen-bond acceptors (Lipinski definition) is 4. The van der Waals surface area contributed by atoms with E-state index in [1.807, 2.05) is 19.9 Å². The summed E-state index contributed by atoms with van der Waals surface area (Å²) in [5, 5.41) is 0. The Hall–Kier alpha value is -2.18. The molecule has 1 N–H and O–H groups in total. The summed E-state index contributed by atoms with van der Waals surface area (Å²) in [7, 11) is -3.85. The van der Waals surface area contributed by atoms with Crippen LogP contribution in [0.2, 0.25) is 0 Å². The predicted molar refractivity (Wildman–Crippen MR) is 92.1 cm³/mol. The number of ether oxygens (including phenoxy) is 1. The molecule has 0 aliphatic carbocycles. The standard InChI is InChI=1S/C18H21NO4S/c1-4-23-18(20)17(15-7-5-6-14(3)12-15)19-24(21,22)16-10-8-13(2)9-11-16/h5-12,17,19H,4H2,1-3H3/t17-/m0/s1. The molecule has 0 bridgehead atoms. The molecule has 0 aliphatic rings. The molecule has 0 unspecified atom stereocenters. The number of carbonyl (C=O) groups is 1. The van der Waals surface area contributed by atoms with Gasteiger partial charge in [0.2, 0.25) is 10.0 Å². The highest BCUT2D eigenvalue weighted by Gasteiger charge is 2.28. The third-order valence-corrected chi connectivity index (χ3v) is 4.94. The summed E-state index contributed by atoms with van der Waals surface area (Å²) in [5.41, 5.74) is 2.43. The van der Waals surface area contributed by atoms with Gasteiger partial charge in [0.1, 0.15) is 6.04 Å². The van der Waals surface area contributed by atoms with Crippen LogP contribution in [0.5, 0.6) is 0 Å². The molecular weight excluding hydrogens is 326 g/mol. The van der Waals surface area contributed by atoms with E-state index in [0.717, 1.165) is 11.1 Å². The molecule has 0 heterocycles. The maximum Gasteiger partial charge on any atom is 0.328 e. The maximum absolute atomic E-state index is 12.6. The lowest BCUT2D eigenvalue weighted by Crippen LogP contribution is -2.35. The van der Waals surface area contributed by atoms with Gasteiger partial charge in [-0.15, -0.1) is 0 Å². The van der Waals surface area contributed by atoms with Gasteiger partial charge in [-0.2, -0.15) is 4.72 Å². The predicted octanol–water partition coefficient (Wildman–Crippen LogP) is 2.89. The zero-order valence-electron chi connectivity index (χ0n) is 13.9. The number of carbonyl (C=O) groups excluding carboxylic acids is 1. The van der Waals surface area contributed by atoms with Crippen molar-refractivity contribution in [1.82, 2.24) is 4.72 Å². The highest BCUT2D eigenvalue weighted by Crippen LogP contribution is 2.20. The molecule has 0 saturated carbocycles. The first kappa shape index (κ1) is 18.2. The van der Waals surface area contributed by atoms with Gasteiger partial charge in [0.25, 0.3) is 0 Å². The summed E-state index contributed by atoms with van der Waals surface area (Å²) in [6, 6.07) is 12.5. The fourth-order valence-corrected chi connectivity index (χ4v) is 3.44. The number of sulfonamides is 1. The van der Waals surface area contributed by atoms with E-state index >= 15 is 0 Å². The van der Waals surface area contributed by atoms with Gasteiger partial charge in [-0.3, -0.25) is 0 Å². The van der Waals surface area contributed by atoms with E-state index < -0.39 is 22.0 Å². The molecule has 2 aromatic rings. The van der Waals surface area contributed by atoms with Gasteiger partial charge in [0.05, 0.1) is 11.5 Å². The Balaban J connectivity index is 2.37. The molecule has 6 heteroatoms. The molecule has 128 valence electrons. The second-order valence-corrected chi connectivity index (χ2v) is 7.25. The fraction of sp³-hybridized carbons (Fsp3) is 0.278. The zero-order valence-corrected chi connectivity index (χ0v) is 14.8. The summed E-state index contributed by atoms with van der Waals surface area (Å²) >= 11 is 0. The van der Waals surface area contributed by atoms with Gasteiger partial charge in [0, 0.05) is 0 Å². The van der Waals surface area contributed by atoms with E-state index in [1.165, 1.54) is 12.1 Å². The minimum absolute atomic E-state index is 0.107. The van der Waals surface area contributed by atoms with Crippen LogP contribution in [0.3, 0.4) is 0 Å². The Kier molecular flexibility index (Phi) is 5.75. The highest BCUT2D eigenvalue weighted by atomic mass is 32.2. The van der Waals surface area contributed by atoms with Gasteiger partial charge >= 0.3 is 5.97 Å². The number of rotatable bonds is 6. The van der Waals surface area contributed by atoms with Crippen LogP contribution in [-0.2, 0) is 19.6 Å². The molecule has 2 rings (SSSR count). The third-order valence-electron chi connectivity index (χ3n) is 3.50. The van der Waals surface area contributed by atoms with Crippen LogP contribution in [0, 0.1) is 13.8 Å². The van der Waals surface area contributed by atoms with Crippen molar-refractivity contribution in [2.24, 2.45) is 0 Å². The van der Waals surface area contributed by atoms with Crippen molar-refractivity contribution in [3.05, 3.63) is 65.2 Å². The van der Waals surface area contributed by atoms with Crippen LogP contribution in [0.25, 0.3) is 0 Å². The number of aryl methyl sites for hydroxylation is 2. The van der Waals surface area contributed by atoms with E-state index in [-0.39, 0.29) is 11.5 Å². The lowest BCUT2D eigenvalue weighted by atomic mass is 10.1. The van der Waals surface area contributed by atoms with Crippen molar-refractivity contribution in [1.29, 1.82) is 0 Å². The molecule has 0 aliphatic heterocycles. The molecule has 0 amide bonds. The SMILES string of the molecule is CCOC(=O)[C@@H](NS(=O)(=O)c1ccc(C)cc1)c1cccc(C)c1. The Bertz CT molecular complexity index is 813. The summed E-state index contributed by atoms with van der Waals surface area (Å²) in [6.07, 6.45) is 0. The van der Waals surface area contributed by atoms with Crippen LogP contribution < -0.4 is 4.72 Å². The van der Waals surface area contributed by atoms with E-state index in [4.69, 9.17) is 4.74 Å². The van der Waals surface area contributed by atoms with Crippen molar-refractivity contribution in [2.45, 2.75) is 31.7 Å². The lowest BCUT2D eigenvalue weighted by Gasteiger charge is -2.18. The number of nitrogens with one attached hydrogen (secondary N) is 1. The van der Waals surface area contributed by atoms with Crippen molar-refractivity contribution in [2.75, 3.05) is 6.61 Å². The van der Waals surface area contributed by atoms with Crippen LogP contribution in [0.15, 0.2) is 53.4 Å². The van der Waals surface area contributed by atoms with Gasteiger partial charge in [-0.1, -0.05) is 47.5 Å². The maximum atomic E-state index is 12.6. The normalized spacial score (nSPS) is 12.6. The average Bonchev–Trinajstić information content (AvgIpc) is 2.53. The first-order chi connectivity index (χ1) is 11.3. The minimum atomic E-state index is -3.85. The van der Waals surface area contributed by atoms with Crippen LogP contribution in [0.1, 0.15) is 29.7 Å². The van der Waals surface area contributed by atoms with Crippen LogP contribution in [-0.4, -0.2) is 21.0 Å². The molecule has 5 nitrogen and oxygen atoms in total. The van der Waals surface area contributed by atoms with Crippen LogP contribution in [0.4, 0.5) is 0 Å². The summed E-state index contributed by atoms with van der Waals surface area (Å²) < 4.78 is 32.7.